The van der Waals surface area contributed by atoms with Crippen LogP contribution in [-0.4, -0.2) is 87.4 Å². The van der Waals surface area contributed by atoms with E-state index in [4.69, 9.17) is 9.47 Å². The number of rotatable bonds is 9. The molecule has 1 fully saturated rings. The second-order valence-corrected chi connectivity index (χ2v) is 13.5. The standard InChI is InChI=1S/C32H45N5O4S/c1-31(2,3)27-19-24(28(42-27)29(38)33-6)35-30(39)34-23-13-14-25(22-12-10-9-11-21(22)23)40-17-15-37-16-18-41-26(20-37)32(4,5)36(7)8/h9-14,19,26H,15-18,20H2,1-8H3,(H,33,38)(H2,34,35,39). The van der Waals surface area contributed by atoms with Crippen LogP contribution in [0, 0.1) is 0 Å². The molecule has 228 valence electrons. The molecular weight excluding hydrogens is 550 g/mol. The van der Waals surface area contributed by atoms with E-state index in [1.54, 1.807) is 7.05 Å². The molecule has 0 radical (unpaired) electrons. The van der Waals surface area contributed by atoms with E-state index in [0.29, 0.717) is 29.5 Å². The van der Waals surface area contributed by atoms with Gasteiger partial charge in [-0.3, -0.25) is 9.69 Å². The van der Waals surface area contributed by atoms with Crippen molar-refractivity contribution in [2.24, 2.45) is 0 Å². The number of nitrogens with one attached hydrogen (secondary N) is 3. The number of hydrogen-bond donors (Lipinski definition) is 3. The number of hydrogen-bond acceptors (Lipinski definition) is 7. The number of likely N-dealkylation sites (N-methyl/N-ethyl adjacent to an activating group) is 1. The van der Waals surface area contributed by atoms with Gasteiger partial charge in [-0.2, -0.15) is 0 Å². The minimum atomic E-state index is -0.417. The molecule has 0 spiro atoms. The van der Waals surface area contributed by atoms with Gasteiger partial charge in [0.25, 0.3) is 5.91 Å². The molecule has 3 aromatic rings. The van der Waals surface area contributed by atoms with Gasteiger partial charge in [0.15, 0.2) is 0 Å². The number of ether oxygens (including phenoxy) is 2. The molecule has 1 atom stereocenters. The van der Waals surface area contributed by atoms with Gasteiger partial charge in [0, 0.05) is 47.9 Å². The van der Waals surface area contributed by atoms with Crippen molar-refractivity contribution in [3.8, 4) is 5.75 Å². The summed E-state index contributed by atoms with van der Waals surface area (Å²) in [7, 11) is 5.76. The highest BCUT2D eigenvalue weighted by atomic mass is 32.1. The largest absolute Gasteiger partial charge is 0.492 e. The summed E-state index contributed by atoms with van der Waals surface area (Å²) in [4.78, 5) is 31.7. The normalized spacial score (nSPS) is 16.5. The predicted octanol–water partition coefficient (Wildman–Crippen LogP) is 5.62. The summed E-state index contributed by atoms with van der Waals surface area (Å²) in [6.07, 6.45) is 0.125. The number of benzene rings is 2. The summed E-state index contributed by atoms with van der Waals surface area (Å²) < 4.78 is 12.4. The lowest BCUT2D eigenvalue weighted by atomic mass is 9.94. The van der Waals surface area contributed by atoms with Crippen LogP contribution in [0.15, 0.2) is 42.5 Å². The molecule has 2 aromatic carbocycles. The van der Waals surface area contributed by atoms with E-state index < -0.39 is 6.03 Å². The second-order valence-electron chi connectivity index (χ2n) is 12.5. The van der Waals surface area contributed by atoms with Gasteiger partial charge >= 0.3 is 6.03 Å². The molecule has 1 aliphatic heterocycles. The molecule has 10 heteroatoms. The Kier molecular flexibility index (Phi) is 9.82. The number of carbonyl (C=O) groups excluding carboxylic acids is 2. The quantitative estimate of drug-likeness (QED) is 0.297. The van der Waals surface area contributed by atoms with Crippen LogP contribution in [0.25, 0.3) is 10.8 Å². The van der Waals surface area contributed by atoms with Crippen molar-refractivity contribution in [3.63, 3.8) is 0 Å². The number of nitrogens with zero attached hydrogens (tertiary/aromatic N) is 2. The molecule has 0 aliphatic carbocycles. The minimum absolute atomic E-state index is 0.0624. The van der Waals surface area contributed by atoms with Gasteiger partial charge in [-0.1, -0.05) is 45.0 Å². The molecular formula is C32H45N5O4S. The molecule has 1 unspecified atom stereocenters. The minimum Gasteiger partial charge on any atom is -0.492 e. The summed E-state index contributed by atoms with van der Waals surface area (Å²) >= 11 is 1.39. The van der Waals surface area contributed by atoms with Crippen molar-refractivity contribution in [2.75, 3.05) is 64.6 Å². The molecule has 1 aromatic heterocycles. The van der Waals surface area contributed by atoms with Gasteiger partial charge < -0.3 is 30.3 Å². The first kappa shape index (κ1) is 31.7. The summed E-state index contributed by atoms with van der Waals surface area (Å²) in [5.74, 6) is 0.538. The highest BCUT2D eigenvalue weighted by molar-refractivity contribution is 7.14. The SMILES string of the molecule is CNC(=O)c1sc(C(C)(C)C)cc1NC(=O)Nc1ccc(OCCN2CCOC(C(C)(C)N(C)C)C2)c2ccccc12. The Morgan fingerprint density at radius 3 is 2.40 bits per heavy atom. The van der Waals surface area contributed by atoms with Crippen LogP contribution in [-0.2, 0) is 10.2 Å². The third kappa shape index (κ3) is 7.23. The summed E-state index contributed by atoms with van der Waals surface area (Å²) in [6, 6.07) is 13.1. The summed E-state index contributed by atoms with van der Waals surface area (Å²) in [6.45, 7) is 14.4. The van der Waals surface area contributed by atoms with Gasteiger partial charge in [0.2, 0.25) is 0 Å². The van der Waals surface area contributed by atoms with Crippen LogP contribution >= 0.6 is 11.3 Å². The lowest BCUT2D eigenvalue weighted by Gasteiger charge is -2.44. The average Bonchev–Trinajstić information content (AvgIpc) is 3.38. The van der Waals surface area contributed by atoms with Crippen molar-refractivity contribution >= 4 is 45.4 Å². The second kappa shape index (κ2) is 13.0. The summed E-state index contributed by atoms with van der Waals surface area (Å²) in [5.41, 5.74) is 0.936. The molecule has 9 nitrogen and oxygen atoms in total. The Hall–Kier alpha value is -3.18. The highest BCUT2D eigenvalue weighted by Gasteiger charge is 2.36. The van der Waals surface area contributed by atoms with Crippen LogP contribution in [0.1, 0.15) is 49.2 Å². The van der Waals surface area contributed by atoms with Gasteiger partial charge in [-0.05, 0) is 51.6 Å². The monoisotopic (exact) mass is 595 g/mol. The number of morpholine rings is 1. The van der Waals surface area contributed by atoms with Gasteiger partial charge in [-0.25, -0.2) is 4.79 Å². The average molecular weight is 596 g/mol. The van der Waals surface area contributed by atoms with E-state index in [1.807, 2.05) is 42.5 Å². The van der Waals surface area contributed by atoms with E-state index in [2.05, 4.69) is 74.5 Å². The Morgan fingerprint density at radius 1 is 1.05 bits per heavy atom. The first-order valence-corrected chi connectivity index (χ1v) is 15.2. The van der Waals surface area contributed by atoms with E-state index in [9.17, 15) is 9.59 Å². The van der Waals surface area contributed by atoms with Crippen LogP contribution < -0.4 is 20.7 Å². The zero-order valence-electron chi connectivity index (χ0n) is 26.1. The number of fused-ring (bicyclic) bond motifs is 1. The number of thiophene rings is 1. The van der Waals surface area contributed by atoms with E-state index >= 15 is 0 Å². The molecule has 2 heterocycles. The molecule has 0 bridgehead atoms. The van der Waals surface area contributed by atoms with E-state index in [-0.39, 0.29) is 23.0 Å². The molecule has 4 rings (SSSR count). The Morgan fingerprint density at radius 2 is 1.74 bits per heavy atom. The van der Waals surface area contributed by atoms with Crippen LogP contribution in [0.4, 0.5) is 16.2 Å². The maximum Gasteiger partial charge on any atom is 0.323 e. The van der Waals surface area contributed by atoms with Crippen LogP contribution in [0.5, 0.6) is 5.75 Å². The van der Waals surface area contributed by atoms with E-state index in [1.165, 1.54) is 11.3 Å². The lowest BCUT2D eigenvalue weighted by molar-refractivity contribution is -0.0942. The van der Waals surface area contributed by atoms with E-state index in [0.717, 1.165) is 41.0 Å². The Labute approximate surface area is 253 Å². The topological polar surface area (TPSA) is 95.2 Å². The lowest BCUT2D eigenvalue weighted by Crippen LogP contribution is -2.58. The molecule has 42 heavy (non-hydrogen) atoms. The zero-order valence-corrected chi connectivity index (χ0v) is 26.9. The fourth-order valence-electron chi connectivity index (χ4n) is 4.82. The number of urea groups is 1. The fourth-order valence-corrected chi connectivity index (χ4v) is 5.94. The molecule has 1 aliphatic rings. The first-order chi connectivity index (χ1) is 19.8. The summed E-state index contributed by atoms with van der Waals surface area (Å²) in [5, 5.41) is 10.3. The number of amides is 3. The maximum absolute atomic E-state index is 13.1. The maximum atomic E-state index is 13.1. The third-order valence-electron chi connectivity index (χ3n) is 8.04. The van der Waals surface area contributed by atoms with Crippen molar-refractivity contribution < 1.29 is 19.1 Å². The highest BCUT2D eigenvalue weighted by Crippen LogP contribution is 2.36. The number of anilines is 2. The predicted molar refractivity (Wildman–Crippen MR) is 172 cm³/mol. The Balaban J connectivity index is 1.43. The van der Waals surface area contributed by atoms with Crippen molar-refractivity contribution in [2.45, 2.75) is 51.7 Å². The number of carbonyl (C=O) groups is 2. The molecule has 1 saturated heterocycles. The molecule has 3 amide bonds. The van der Waals surface area contributed by atoms with Gasteiger partial charge in [0.1, 0.15) is 17.2 Å². The van der Waals surface area contributed by atoms with Crippen molar-refractivity contribution in [1.82, 2.24) is 15.1 Å². The van der Waals surface area contributed by atoms with Crippen LogP contribution in [0.3, 0.4) is 0 Å². The molecule has 0 saturated carbocycles. The Bertz CT molecular complexity index is 1410. The third-order valence-corrected chi connectivity index (χ3v) is 9.60. The van der Waals surface area contributed by atoms with Crippen molar-refractivity contribution in [3.05, 3.63) is 52.2 Å². The smallest absolute Gasteiger partial charge is 0.323 e. The fraction of sp³-hybridized carbons (Fsp3) is 0.500. The van der Waals surface area contributed by atoms with Crippen LogP contribution in [0.2, 0.25) is 0 Å². The molecule has 3 N–H and O–H groups in total. The van der Waals surface area contributed by atoms with Gasteiger partial charge in [-0.15, -0.1) is 11.3 Å². The van der Waals surface area contributed by atoms with Crippen molar-refractivity contribution in [1.29, 1.82) is 0 Å². The van der Waals surface area contributed by atoms with Gasteiger partial charge in [0.05, 0.1) is 24.1 Å². The first-order valence-electron chi connectivity index (χ1n) is 14.4. The zero-order chi connectivity index (χ0) is 30.7.